The zero-order valence-electron chi connectivity index (χ0n) is 18.0. The molecule has 0 spiro atoms. The van der Waals surface area contributed by atoms with Crippen molar-refractivity contribution in [3.05, 3.63) is 29.8 Å². The number of hydrogen-bond acceptors (Lipinski definition) is 2. The molecule has 0 heterocycles. The van der Waals surface area contributed by atoms with Crippen LogP contribution in [0.1, 0.15) is 92.1 Å². The highest BCUT2D eigenvalue weighted by molar-refractivity contribution is 5.30. The molecule has 1 aliphatic carbocycles. The summed E-state index contributed by atoms with van der Waals surface area (Å²) in [6.45, 7) is 16.0. The molecule has 0 N–H and O–H groups in total. The van der Waals surface area contributed by atoms with E-state index in [9.17, 15) is 0 Å². The van der Waals surface area contributed by atoms with Crippen molar-refractivity contribution in [3.63, 3.8) is 0 Å². The average Bonchev–Trinajstić information content (AvgIpc) is 2.55. The Balaban J connectivity index is 2.05. The van der Waals surface area contributed by atoms with Crippen molar-refractivity contribution in [1.29, 1.82) is 0 Å². The summed E-state index contributed by atoms with van der Waals surface area (Å²) in [7, 11) is 0. The molecule has 1 aliphatic rings. The Labute approximate surface area is 161 Å². The molecule has 0 aromatic heterocycles. The van der Waals surface area contributed by atoms with Gasteiger partial charge in [0.15, 0.2) is 0 Å². The maximum absolute atomic E-state index is 6.30. The van der Waals surface area contributed by atoms with E-state index in [1.165, 1.54) is 37.7 Å². The van der Waals surface area contributed by atoms with E-state index < -0.39 is 0 Å². The summed E-state index contributed by atoms with van der Waals surface area (Å²) in [5, 5.41) is 0. The molecule has 2 nitrogen and oxygen atoms in total. The molecule has 1 aromatic carbocycles. The van der Waals surface area contributed by atoms with Crippen molar-refractivity contribution in [2.75, 3.05) is 0 Å². The van der Waals surface area contributed by atoms with Gasteiger partial charge in [0.2, 0.25) is 6.29 Å². The van der Waals surface area contributed by atoms with Crippen LogP contribution in [0.3, 0.4) is 0 Å². The van der Waals surface area contributed by atoms with E-state index >= 15 is 0 Å². The molecule has 148 valence electrons. The van der Waals surface area contributed by atoms with Crippen LogP contribution in [-0.4, -0.2) is 12.4 Å². The minimum atomic E-state index is -0.160. The lowest BCUT2D eigenvalue weighted by Crippen LogP contribution is -2.32. The quantitative estimate of drug-likeness (QED) is 0.479. The molecule has 1 saturated carbocycles. The van der Waals surface area contributed by atoms with Crippen LogP contribution >= 0.6 is 0 Å². The highest BCUT2D eigenvalue weighted by Crippen LogP contribution is 2.41. The third-order valence-corrected chi connectivity index (χ3v) is 5.51. The fourth-order valence-corrected chi connectivity index (χ4v) is 4.48. The first kappa shape index (κ1) is 21.3. The predicted octanol–water partition coefficient (Wildman–Crippen LogP) is 7.18. The zero-order valence-corrected chi connectivity index (χ0v) is 18.0. The molecule has 0 amide bonds. The minimum Gasteiger partial charge on any atom is -0.465 e. The minimum absolute atomic E-state index is 0.160. The van der Waals surface area contributed by atoms with Gasteiger partial charge in [-0.3, -0.25) is 0 Å². The molecule has 1 fully saturated rings. The lowest BCUT2D eigenvalue weighted by atomic mass is 9.70. The summed E-state index contributed by atoms with van der Waals surface area (Å²) in [6.07, 6.45) is 6.47. The third kappa shape index (κ3) is 6.01. The lowest BCUT2D eigenvalue weighted by Gasteiger charge is -2.34. The Morgan fingerprint density at radius 3 is 1.88 bits per heavy atom. The Morgan fingerprint density at radius 2 is 1.42 bits per heavy atom. The normalized spacial score (nSPS) is 19.0. The van der Waals surface area contributed by atoms with Gasteiger partial charge in [-0.25, -0.2) is 0 Å². The van der Waals surface area contributed by atoms with Crippen LogP contribution in [0.25, 0.3) is 0 Å². The van der Waals surface area contributed by atoms with Gasteiger partial charge in [-0.15, -0.1) is 0 Å². The molecule has 0 bridgehead atoms. The van der Waals surface area contributed by atoms with Gasteiger partial charge in [-0.05, 0) is 47.8 Å². The van der Waals surface area contributed by atoms with Crippen LogP contribution < -0.4 is 4.74 Å². The molecule has 2 rings (SSSR count). The van der Waals surface area contributed by atoms with Gasteiger partial charge in [-0.1, -0.05) is 79.9 Å². The van der Waals surface area contributed by atoms with Crippen molar-refractivity contribution in [3.8, 4) is 5.75 Å². The van der Waals surface area contributed by atoms with Crippen LogP contribution in [-0.2, 0) is 4.74 Å². The molecule has 2 atom stereocenters. The van der Waals surface area contributed by atoms with Crippen LogP contribution in [0.5, 0.6) is 5.75 Å². The number of benzene rings is 1. The summed E-state index contributed by atoms with van der Waals surface area (Å²) in [4.78, 5) is 0. The van der Waals surface area contributed by atoms with Gasteiger partial charge in [0.25, 0.3) is 0 Å². The smallest absolute Gasteiger partial charge is 0.202 e. The largest absolute Gasteiger partial charge is 0.465 e. The van der Waals surface area contributed by atoms with E-state index in [1.807, 2.05) is 0 Å². The molecule has 0 saturated heterocycles. The lowest BCUT2D eigenvalue weighted by molar-refractivity contribution is -0.150. The maximum atomic E-state index is 6.30. The van der Waals surface area contributed by atoms with E-state index in [2.05, 4.69) is 72.7 Å². The third-order valence-electron chi connectivity index (χ3n) is 5.51. The van der Waals surface area contributed by atoms with E-state index in [0.29, 0.717) is 23.9 Å². The van der Waals surface area contributed by atoms with Gasteiger partial charge in [0.05, 0.1) is 6.10 Å². The summed E-state index contributed by atoms with van der Waals surface area (Å²) >= 11 is 0. The Hall–Kier alpha value is -1.02. The second-order valence-corrected chi connectivity index (χ2v) is 9.78. The molecule has 2 unspecified atom stereocenters. The van der Waals surface area contributed by atoms with E-state index in [0.717, 1.165) is 5.75 Å². The summed E-state index contributed by atoms with van der Waals surface area (Å²) < 4.78 is 12.5. The molecule has 2 heteroatoms. The standard InChI is InChI=1S/C24H40O2/c1-17(2)22(24(5,6)7)19-13-15-21(16-14-19)26-23(18(3)4)25-20-11-9-8-10-12-20/h13-18,20,22-23H,8-12H2,1-7H3. The van der Waals surface area contributed by atoms with Crippen LogP contribution in [0.4, 0.5) is 0 Å². The van der Waals surface area contributed by atoms with Crippen LogP contribution in [0.15, 0.2) is 24.3 Å². The van der Waals surface area contributed by atoms with E-state index in [4.69, 9.17) is 9.47 Å². The summed E-state index contributed by atoms with van der Waals surface area (Å²) in [5.74, 6) is 2.41. The molecular formula is C24H40O2. The fraction of sp³-hybridized carbons (Fsp3) is 0.750. The Bertz CT molecular complexity index is 518. The summed E-state index contributed by atoms with van der Waals surface area (Å²) in [5.41, 5.74) is 1.65. The average molecular weight is 361 g/mol. The zero-order chi connectivity index (χ0) is 19.3. The van der Waals surface area contributed by atoms with E-state index in [1.54, 1.807) is 0 Å². The summed E-state index contributed by atoms with van der Waals surface area (Å²) in [6, 6.07) is 8.72. The van der Waals surface area contributed by atoms with Gasteiger partial charge >= 0.3 is 0 Å². The highest BCUT2D eigenvalue weighted by atomic mass is 16.7. The highest BCUT2D eigenvalue weighted by Gasteiger charge is 2.29. The van der Waals surface area contributed by atoms with Gasteiger partial charge in [-0.2, -0.15) is 0 Å². The van der Waals surface area contributed by atoms with Crippen LogP contribution in [0.2, 0.25) is 0 Å². The van der Waals surface area contributed by atoms with Crippen molar-refractivity contribution < 1.29 is 9.47 Å². The number of rotatable bonds is 7. The van der Waals surface area contributed by atoms with Crippen molar-refractivity contribution in [2.45, 2.75) is 98.9 Å². The maximum Gasteiger partial charge on any atom is 0.202 e. The van der Waals surface area contributed by atoms with Crippen LogP contribution in [0, 0.1) is 17.3 Å². The topological polar surface area (TPSA) is 18.5 Å². The predicted molar refractivity (Wildman–Crippen MR) is 111 cm³/mol. The van der Waals surface area contributed by atoms with Gasteiger partial charge in [0, 0.05) is 5.92 Å². The molecule has 26 heavy (non-hydrogen) atoms. The molecular weight excluding hydrogens is 320 g/mol. The Morgan fingerprint density at radius 1 is 0.846 bits per heavy atom. The number of hydrogen-bond donors (Lipinski definition) is 0. The first-order chi connectivity index (χ1) is 12.2. The molecule has 0 aliphatic heterocycles. The number of ether oxygens (including phenoxy) is 2. The second kappa shape index (κ2) is 9.26. The Kier molecular flexibility index (Phi) is 7.58. The molecule has 1 aromatic rings. The molecule has 0 radical (unpaired) electrons. The van der Waals surface area contributed by atoms with Crippen molar-refractivity contribution in [2.24, 2.45) is 17.3 Å². The SMILES string of the molecule is CC(C)C(Oc1ccc(C(C(C)C)C(C)(C)C)cc1)OC1CCCCC1. The van der Waals surface area contributed by atoms with Gasteiger partial charge < -0.3 is 9.47 Å². The van der Waals surface area contributed by atoms with Gasteiger partial charge in [0.1, 0.15) is 5.75 Å². The monoisotopic (exact) mass is 360 g/mol. The fourth-order valence-electron chi connectivity index (χ4n) is 4.48. The first-order valence-electron chi connectivity index (χ1n) is 10.6. The van der Waals surface area contributed by atoms with Crippen molar-refractivity contribution in [1.82, 2.24) is 0 Å². The van der Waals surface area contributed by atoms with Crippen molar-refractivity contribution >= 4 is 0 Å². The van der Waals surface area contributed by atoms with E-state index in [-0.39, 0.29) is 11.7 Å². The second-order valence-electron chi connectivity index (χ2n) is 9.78. The first-order valence-corrected chi connectivity index (χ1v) is 10.6.